The van der Waals surface area contributed by atoms with Crippen LogP contribution in [0.4, 0.5) is 0 Å². The van der Waals surface area contributed by atoms with Crippen molar-refractivity contribution in [3.63, 3.8) is 0 Å². The Hall–Kier alpha value is -1.64. The maximum Gasteiger partial charge on any atom is 0.0205 e. The highest BCUT2D eigenvalue weighted by Gasteiger charge is 2.51. The van der Waals surface area contributed by atoms with Crippen LogP contribution in [0.2, 0.25) is 0 Å². The summed E-state index contributed by atoms with van der Waals surface area (Å²) < 4.78 is 0. The first-order valence-corrected chi connectivity index (χ1v) is 7.97. The summed E-state index contributed by atoms with van der Waals surface area (Å²) in [7, 11) is 0. The van der Waals surface area contributed by atoms with Crippen LogP contribution in [0.1, 0.15) is 5.56 Å². The lowest BCUT2D eigenvalue weighted by atomic mass is 10.0. The van der Waals surface area contributed by atoms with Gasteiger partial charge in [-0.3, -0.25) is 0 Å². The van der Waals surface area contributed by atoms with Crippen LogP contribution in [0.3, 0.4) is 0 Å². The molecule has 4 rings (SSSR count). The molecule has 1 saturated heterocycles. The van der Waals surface area contributed by atoms with E-state index in [4.69, 9.17) is 0 Å². The van der Waals surface area contributed by atoms with Crippen molar-refractivity contribution in [2.24, 2.45) is 17.8 Å². The second kappa shape index (κ2) is 5.63. The molecule has 21 heavy (non-hydrogen) atoms. The number of hydrogen-bond acceptors (Lipinski definition) is 2. The number of nitrogens with one attached hydrogen (secondary N) is 2. The molecule has 2 aromatic carbocycles. The van der Waals surface area contributed by atoms with E-state index in [1.165, 1.54) is 36.3 Å². The number of piperidine rings is 1. The molecule has 2 N–H and O–H groups in total. The van der Waals surface area contributed by atoms with Gasteiger partial charge in [0.05, 0.1) is 0 Å². The van der Waals surface area contributed by atoms with Crippen LogP contribution in [-0.4, -0.2) is 19.6 Å². The Morgan fingerprint density at radius 2 is 1.67 bits per heavy atom. The van der Waals surface area contributed by atoms with E-state index in [1.807, 2.05) is 0 Å². The van der Waals surface area contributed by atoms with E-state index >= 15 is 0 Å². The Bertz CT molecular complexity index is 598. The fourth-order valence-corrected chi connectivity index (χ4v) is 3.72. The Morgan fingerprint density at radius 1 is 0.905 bits per heavy atom. The summed E-state index contributed by atoms with van der Waals surface area (Å²) in [5, 5.41) is 7.10. The van der Waals surface area contributed by atoms with Gasteiger partial charge >= 0.3 is 0 Å². The normalized spacial score (nSPS) is 26.6. The lowest BCUT2D eigenvalue weighted by Crippen LogP contribution is -2.23. The number of fused-ring (bicyclic) bond motifs is 1. The highest BCUT2D eigenvalue weighted by molar-refractivity contribution is 5.63. The van der Waals surface area contributed by atoms with Gasteiger partial charge in [0.1, 0.15) is 0 Å². The van der Waals surface area contributed by atoms with Gasteiger partial charge in [-0.25, -0.2) is 0 Å². The summed E-state index contributed by atoms with van der Waals surface area (Å²) in [5.41, 5.74) is 3.98. The lowest BCUT2D eigenvalue weighted by Gasteiger charge is -2.09. The van der Waals surface area contributed by atoms with Gasteiger partial charge in [-0.2, -0.15) is 0 Å². The minimum Gasteiger partial charge on any atom is -0.316 e. The van der Waals surface area contributed by atoms with Crippen molar-refractivity contribution in [3.8, 4) is 11.1 Å². The molecule has 0 bridgehead atoms. The van der Waals surface area contributed by atoms with Crippen molar-refractivity contribution >= 4 is 0 Å². The fourth-order valence-electron chi connectivity index (χ4n) is 3.72. The van der Waals surface area contributed by atoms with E-state index in [2.05, 4.69) is 65.2 Å². The smallest absolute Gasteiger partial charge is 0.0205 e. The molecule has 0 radical (unpaired) electrons. The van der Waals surface area contributed by atoms with Crippen molar-refractivity contribution in [2.45, 2.75) is 6.54 Å². The lowest BCUT2D eigenvalue weighted by molar-refractivity contribution is 0.539. The highest BCUT2D eigenvalue weighted by Crippen LogP contribution is 2.47. The maximum atomic E-state index is 3.64. The Balaban J connectivity index is 1.35. The predicted octanol–water partition coefficient (Wildman–Crippen LogP) is 2.91. The second-order valence-corrected chi connectivity index (χ2v) is 6.35. The monoisotopic (exact) mass is 278 g/mol. The molecule has 0 spiro atoms. The molecule has 2 nitrogen and oxygen atoms in total. The summed E-state index contributed by atoms with van der Waals surface area (Å²) in [6.07, 6.45) is 0. The Morgan fingerprint density at radius 3 is 2.48 bits per heavy atom. The van der Waals surface area contributed by atoms with Gasteiger partial charge in [-0.15, -0.1) is 0 Å². The molecular formula is C19H22N2. The van der Waals surface area contributed by atoms with Crippen molar-refractivity contribution in [3.05, 3.63) is 60.2 Å². The topological polar surface area (TPSA) is 24.1 Å². The van der Waals surface area contributed by atoms with Gasteiger partial charge in [0.25, 0.3) is 0 Å². The third-order valence-corrected chi connectivity index (χ3v) is 5.01. The minimum absolute atomic E-state index is 0.920. The van der Waals surface area contributed by atoms with Crippen LogP contribution < -0.4 is 10.6 Å². The van der Waals surface area contributed by atoms with Gasteiger partial charge in [-0.1, -0.05) is 48.5 Å². The van der Waals surface area contributed by atoms with E-state index in [-0.39, 0.29) is 0 Å². The van der Waals surface area contributed by atoms with Crippen LogP contribution in [0.15, 0.2) is 54.6 Å². The van der Waals surface area contributed by atoms with Crippen LogP contribution >= 0.6 is 0 Å². The van der Waals surface area contributed by atoms with Crippen LogP contribution in [0.5, 0.6) is 0 Å². The van der Waals surface area contributed by atoms with E-state index < -0.39 is 0 Å². The summed E-state index contributed by atoms with van der Waals surface area (Å²) in [6, 6.07) is 19.5. The number of benzene rings is 2. The SMILES string of the molecule is c1ccc(-c2cccc(CNCC3C4CNCC34)c2)cc1. The number of rotatable bonds is 5. The minimum atomic E-state index is 0.920. The van der Waals surface area contributed by atoms with Crippen molar-refractivity contribution in [1.82, 2.24) is 10.6 Å². The Kier molecular flexibility index (Phi) is 3.50. The van der Waals surface area contributed by atoms with Gasteiger partial charge in [-0.05, 0) is 60.1 Å². The standard InChI is InChI=1S/C19H22N2/c1-2-6-15(7-3-1)16-8-4-5-14(9-16)10-20-11-17-18-12-21-13-19(17)18/h1-9,17-21H,10-13H2. The molecule has 2 unspecified atom stereocenters. The van der Waals surface area contributed by atoms with Crippen molar-refractivity contribution in [2.75, 3.05) is 19.6 Å². The first kappa shape index (κ1) is 13.1. The quantitative estimate of drug-likeness (QED) is 0.879. The first-order valence-electron chi connectivity index (χ1n) is 7.97. The summed E-state index contributed by atoms with van der Waals surface area (Å²) >= 11 is 0. The third-order valence-electron chi connectivity index (χ3n) is 5.01. The van der Waals surface area contributed by atoms with Gasteiger partial charge in [0.15, 0.2) is 0 Å². The molecule has 2 aliphatic rings. The zero-order valence-corrected chi connectivity index (χ0v) is 12.3. The Labute approximate surface area is 126 Å². The maximum absolute atomic E-state index is 3.64. The van der Waals surface area contributed by atoms with Crippen molar-refractivity contribution < 1.29 is 0 Å². The van der Waals surface area contributed by atoms with Crippen LogP contribution in [0, 0.1) is 17.8 Å². The average molecular weight is 278 g/mol. The first-order chi connectivity index (χ1) is 10.4. The zero-order valence-electron chi connectivity index (χ0n) is 12.3. The second-order valence-electron chi connectivity index (χ2n) is 6.35. The van der Waals surface area contributed by atoms with E-state index in [0.717, 1.165) is 24.3 Å². The van der Waals surface area contributed by atoms with E-state index in [0.29, 0.717) is 0 Å². The molecule has 2 fully saturated rings. The molecule has 0 aromatic heterocycles. The summed E-state index contributed by atoms with van der Waals surface area (Å²) in [6.45, 7) is 4.62. The van der Waals surface area contributed by atoms with Gasteiger partial charge in [0.2, 0.25) is 0 Å². The van der Waals surface area contributed by atoms with E-state index in [1.54, 1.807) is 0 Å². The zero-order chi connectivity index (χ0) is 14.1. The number of hydrogen-bond donors (Lipinski definition) is 2. The van der Waals surface area contributed by atoms with Crippen LogP contribution in [0.25, 0.3) is 11.1 Å². The van der Waals surface area contributed by atoms with Crippen LogP contribution in [-0.2, 0) is 6.54 Å². The molecule has 1 aliphatic heterocycles. The fraction of sp³-hybridized carbons (Fsp3) is 0.368. The third kappa shape index (κ3) is 2.74. The molecule has 108 valence electrons. The van der Waals surface area contributed by atoms with Gasteiger partial charge < -0.3 is 10.6 Å². The van der Waals surface area contributed by atoms with Crippen molar-refractivity contribution in [1.29, 1.82) is 0 Å². The molecule has 1 heterocycles. The molecular weight excluding hydrogens is 256 g/mol. The molecule has 2 heteroatoms. The average Bonchev–Trinajstić information content (AvgIpc) is 2.97. The largest absolute Gasteiger partial charge is 0.316 e. The van der Waals surface area contributed by atoms with E-state index in [9.17, 15) is 0 Å². The molecule has 2 aromatic rings. The molecule has 1 aliphatic carbocycles. The highest BCUT2D eigenvalue weighted by atomic mass is 15.0. The van der Waals surface area contributed by atoms with Gasteiger partial charge in [0, 0.05) is 6.54 Å². The molecule has 2 atom stereocenters. The summed E-state index contributed by atoms with van der Waals surface area (Å²) in [5.74, 6) is 2.82. The summed E-state index contributed by atoms with van der Waals surface area (Å²) in [4.78, 5) is 0. The molecule has 0 amide bonds. The molecule has 1 saturated carbocycles. The predicted molar refractivity (Wildman–Crippen MR) is 86.9 cm³/mol.